The molecular formula is C2O5S2. The van der Waals surface area contributed by atoms with Crippen molar-refractivity contribution < 1.29 is 12.1 Å². The molecule has 0 aliphatic heterocycles. The van der Waals surface area contributed by atoms with Gasteiger partial charge in [-0.15, -0.1) is 0 Å². The Morgan fingerprint density at radius 2 is 1.44 bits per heavy atom. The SMILES string of the molecule is O=c1ossoc(=O)o1. The van der Waals surface area contributed by atoms with Crippen LogP contribution in [0.25, 0.3) is 0 Å². The monoisotopic (exact) mass is 168 g/mol. The Bertz CT molecular complexity index is 274. The molecule has 1 heterocycles. The zero-order chi connectivity index (χ0) is 6.69. The van der Waals surface area contributed by atoms with Gasteiger partial charge in [0.05, 0.1) is 0 Å². The highest BCUT2D eigenvalue weighted by molar-refractivity contribution is 7.61. The summed E-state index contributed by atoms with van der Waals surface area (Å²) in [6, 6.07) is 0. The highest BCUT2D eigenvalue weighted by Gasteiger charge is 1.86. The number of rotatable bonds is 0. The van der Waals surface area contributed by atoms with Crippen LogP contribution in [0.5, 0.6) is 0 Å². The topological polar surface area (TPSA) is 73.6 Å². The molecule has 50 valence electrons. The summed E-state index contributed by atoms with van der Waals surface area (Å²) in [4.78, 5) is 20.2. The lowest BCUT2D eigenvalue weighted by Crippen LogP contribution is -2.00. The maximum Gasteiger partial charge on any atom is 0.536 e. The minimum absolute atomic E-state index is 0.627. The van der Waals surface area contributed by atoms with Gasteiger partial charge in [0.25, 0.3) is 0 Å². The normalized spacial score (nSPS) is 8.89. The van der Waals surface area contributed by atoms with Gasteiger partial charge in [0.1, 0.15) is 21.3 Å². The fourth-order valence-corrected chi connectivity index (χ4v) is 0.920. The highest BCUT2D eigenvalue weighted by atomic mass is 32.9. The van der Waals surface area contributed by atoms with Crippen molar-refractivity contribution in [3.63, 3.8) is 0 Å². The van der Waals surface area contributed by atoms with Gasteiger partial charge in [-0.05, 0) is 0 Å². The number of hydrogen-bond acceptors (Lipinski definition) is 7. The third-order valence-electron chi connectivity index (χ3n) is 0.399. The van der Waals surface area contributed by atoms with E-state index in [9.17, 15) is 9.59 Å². The second kappa shape index (κ2) is 2.65. The summed E-state index contributed by atoms with van der Waals surface area (Å²) in [6.07, 6.45) is 0. The largest absolute Gasteiger partial charge is 0.536 e. The molecular weight excluding hydrogens is 168 g/mol. The van der Waals surface area contributed by atoms with Crippen LogP contribution in [-0.4, -0.2) is 0 Å². The first kappa shape index (κ1) is 6.30. The van der Waals surface area contributed by atoms with E-state index in [1.54, 1.807) is 0 Å². The number of hydrogen-bond donors (Lipinski definition) is 0. The molecule has 0 atom stereocenters. The van der Waals surface area contributed by atoms with E-state index in [0.717, 1.165) is 0 Å². The van der Waals surface area contributed by atoms with Crippen LogP contribution < -0.4 is 11.6 Å². The van der Waals surface area contributed by atoms with Crippen molar-refractivity contribution >= 4 is 21.3 Å². The van der Waals surface area contributed by atoms with Gasteiger partial charge in [-0.3, -0.25) is 0 Å². The van der Waals surface area contributed by atoms with Gasteiger partial charge in [-0.2, -0.15) is 0 Å². The Labute approximate surface area is 55.3 Å². The van der Waals surface area contributed by atoms with Gasteiger partial charge < -0.3 is 12.1 Å². The van der Waals surface area contributed by atoms with E-state index in [-0.39, 0.29) is 0 Å². The third-order valence-corrected chi connectivity index (χ3v) is 1.44. The molecule has 0 amide bonds. The molecule has 0 aromatic carbocycles. The van der Waals surface area contributed by atoms with E-state index >= 15 is 0 Å². The lowest BCUT2D eigenvalue weighted by Gasteiger charge is -1.57. The van der Waals surface area contributed by atoms with Crippen molar-refractivity contribution in [3.05, 3.63) is 21.2 Å². The molecule has 0 spiro atoms. The van der Waals surface area contributed by atoms with E-state index in [2.05, 4.69) is 12.1 Å². The second-order valence-electron chi connectivity index (χ2n) is 0.905. The van der Waals surface area contributed by atoms with Crippen LogP contribution in [-0.2, 0) is 0 Å². The van der Waals surface area contributed by atoms with E-state index in [0.29, 0.717) is 21.3 Å². The summed E-state index contributed by atoms with van der Waals surface area (Å²) in [5, 5.41) is 0. The summed E-state index contributed by atoms with van der Waals surface area (Å²) >= 11 is 0. The van der Waals surface area contributed by atoms with Crippen molar-refractivity contribution in [2.45, 2.75) is 0 Å². The molecule has 1 aromatic heterocycles. The summed E-state index contributed by atoms with van der Waals surface area (Å²) in [5.41, 5.74) is 0. The lowest BCUT2D eigenvalue weighted by molar-refractivity contribution is 0.297. The lowest BCUT2D eigenvalue weighted by atomic mass is 11.5. The molecule has 0 saturated heterocycles. The molecule has 0 saturated carbocycles. The molecule has 7 heteroatoms. The maximum atomic E-state index is 10.1. The minimum Gasteiger partial charge on any atom is -0.325 e. The van der Waals surface area contributed by atoms with Crippen LogP contribution in [0, 0.1) is 0 Å². The Hall–Kier alpha value is -0.820. The molecule has 1 aromatic rings. The van der Waals surface area contributed by atoms with Crippen LogP contribution in [0.3, 0.4) is 0 Å². The fourth-order valence-electron chi connectivity index (χ4n) is 0.185. The van der Waals surface area contributed by atoms with Gasteiger partial charge in [0, 0.05) is 0 Å². The Kier molecular flexibility index (Phi) is 1.85. The van der Waals surface area contributed by atoms with Crippen molar-refractivity contribution in [3.8, 4) is 0 Å². The van der Waals surface area contributed by atoms with Crippen LogP contribution in [0.4, 0.5) is 0 Å². The van der Waals surface area contributed by atoms with Crippen molar-refractivity contribution in [1.29, 1.82) is 0 Å². The smallest absolute Gasteiger partial charge is 0.325 e. The first-order valence-corrected chi connectivity index (χ1v) is 3.72. The van der Waals surface area contributed by atoms with E-state index in [1.807, 2.05) is 0 Å². The first-order chi connectivity index (χ1) is 4.29. The van der Waals surface area contributed by atoms with E-state index in [4.69, 9.17) is 0 Å². The third kappa shape index (κ3) is 1.86. The van der Waals surface area contributed by atoms with Gasteiger partial charge in [-0.25, -0.2) is 9.59 Å². The Morgan fingerprint density at radius 1 is 1.00 bits per heavy atom. The molecule has 9 heavy (non-hydrogen) atoms. The van der Waals surface area contributed by atoms with Crippen molar-refractivity contribution in [1.82, 2.24) is 0 Å². The van der Waals surface area contributed by atoms with Crippen LogP contribution in [0.2, 0.25) is 0 Å². The average molecular weight is 168 g/mol. The zero-order valence-electron chi connectivity index (χ0n) is 3.86. The highest BCUT2D eigenvalue weighted by Crippen LogP contribution is 1.93. The van der Waals surface area contributed by atoms with Crippen molar-refractivity contribution in [2.75, 3.05) is 0 Å². The molecule has 1 rings (SSSR count). The molecule has 5 nitrogen and oxygen atoms in total. The summed E-state index contributed by atoms with van der Waals surface area (Å²) < 4.78 is 12.1. The van der Waals surface area contributed by atoms with Crippen LogP contribution in [0.1, 0.15) is 0 Å². The molecule has 0 radical (unpaired) electrons. The molecule has 0 fully saturated rings. The molecule has 0 bridgehead atoms. The van der Waals surface area contributed by atoms with Gasteiger partial charge in [-0.1, -0.05) is 0 Å². The summed E-state index contributed by atoms with van der Waals surface area (Å²) in [6.45, 7) is 0. The first-order valence-electron chi connectivity index (χ1n) is 1.72. The van der Waals surface area contributed by atoms with Crippen LogP contribution in [0.15, 0.2) is 21.7 Å². The van der Waals surface area contributed by atoms with Crippen molar-refractivity contribution in [2.24, 2.45) is 0 Å². The fraction of sp³-hybridized carbons (Fsp3) is 0. The second-order valence-corrected chi connectivity index (χ2v) is 2.33. The van der Waals surface area contributed by atoms with Crippen LogP contribution >= 0.6 is 21.3 Å². The van der Waals surface area contributed by atoms with Gasteiger partial charge >= 0.3 is 11.6 Å². The predicted molar refractivity (Wildman–Crippen MR) is 29.2 cm³/mol. The summed E-state index contributed by atoms with van der Waals surface area (Å²) in [7, 11) is 1.25. The quantitative estimate of drug-likeness (QED) is 0.525. The zero-order valence-corrected chi connectivity index (χ0v) is 5.49. The van der Waals surface area contributed by atoms with Gasteiger partial charge in [0.15, 0.2) is 0 Å². The predicted octanol–water partition coefficient (Wildman–Crippen LogP) is 0.433. The summed E-state index contributed by atoms with van der Waals surface area (Å²) in [5.74, 6) is -2.12. The maximum absolute atomic E-state index is 10.1. The minimum atomic E-state index is -1.06. The Balaban J connectivity index is 3.56. The molecule has 0 aliphatic carbocycles. The average Bonchev–Trinajstić information content (AvgIpc) is 1.93. The Morgan fingerprint density at radius 3 is 1.89 bits per heavy atom. The van der Waals surface area contributed by atoms with Gasteiger partial charge in [0.2, 0.25) is 0 Å². The standard InChI is InChI=1S/C2O5S2/c3-1-5-2(4)7-9-8-6-1. The van der Waals surface area contributed by atoms with E-state index < -0.39 is 11.6 Å². The molecule has 0 aliphatic rings. The molecule has 0 unspecified atom stereocenters. The van der Waals surface area contributed by atoms with E-state index in [1.165, 1.54) is 0 Å². The molecule has 0 N–H and O–H groups in total.